The van der Waals surface area contributed by atoms with Crippen molar-refractivity contribution in [1.29, 1.82) is 0 Å². The molecule has 1 rings (SSSR count). The summed E-state index contributed by atoms with van der Waals surface area (Å²) in [6.07, 6.45) is 10.2. The van der Waals surface area contributed by atoms with E-state index >= 15 is 0 Å². The summed E-state index contributed by atoms with van der Waals surface area (Å²) in [7, 11) is 0. The fourth-order valence-corrected chi connectivity index (χ4v) is 2.52. The second-order valence-corrected chi connectivity index (χ2v) is 5.30. The van der Waals surface area contributed by atoms with Crippen LogP contribution in [0.3, 0.4) is 0 Å². The largest absolute Gasteiger partial charge is 0.394 e. The van der Waals surface area contributed by atoms with Gasteiger partial charge in [0.25, 0.3) is 0 Å². The summed E-state index contributed by atoms with van der Waals surface area (Å²) in [6, 6.07) is 0.656. The van der Waals surface area contributed by atoms with Crippen LogP contribution in [0.5, 0.6) is 0 Å². The molecule has 0 aromatic heterocycles. The smallest absolute Gasteiger partial charge is 0.0610 e. The third-order valence-corrected chi connectivity index (χ3v) is 3.59. The van der Waals surface area contributed by atoms with Gasteiger partial charge in [0.1, 0.15) is 0 Å². The molecule has 0 aliphatic heterocycles. The predicted molar refractivity (Wildman–Crippen MR) is 65.0 cm³/mol. The van der Waals surface area contributed by atoms with Crippen LogP contribution in [-0.4, -0.2) is 23.3 Å². The Kier molecular flexibility index (Phi) is 5.62. The Labute approximate surface area is 94.5 Å². The fraction of sp³-hybridized carbons (Fsp3) is 1.00. The van der Waals surface area contributed by atoms with Crippen LogP contribution in [0, 0.1) is 0 Å². The molecule has 0 spiro atoms. The van der Waals surface area contributed by atoms with Crippen LogP contribution in [0.1, 0.15) is 65.2 Å². The van der Waals surface area contributed by atoms with Crippen LogP contribution in [0.15, 0.2) is 0 Å². The van der Waals surface area contributed by atoms with Gasteiger partial charge in [0.05, 0.1) is 6.61 Å². The molecule has 1 aliphatic rings. The first-order valence-electron chi connectivity index (χ1n) is 6.59. The highest BCUT2D eigenvalue weighted by molar-refractivity contribution is 4.87. The van der Waals surface area contributed by atoms with Gasteiger partial charge in [-0.1, -0.05) is 39.0 Å². The minimum Gasteiger partial charge on any atom is -0.394 e. The quantitative estimate of drug-likeness (QED) is 0.637. The van der Waals surface area contributed by atoms with Gasteiger partial charge in [-0.05, 0) is 26.2 Å². The lowest BCUT2D eigenvalue weighted by Gasteiger charge is -2.32. The van der Waals surface area contributed by atoms with E-state index in [1.54, 1.807) is 0 Å². The maximum atomic E-state index is 9.48. The van der Waals surface area contributed by atoms with Crippen molar-refractivity contribution in [2.75, 3.05) is 6.61 Å². The lowest BCUT2D eigenvalue weighted by Crippen LogP contribution is -2.50. The van der Waals surface area contributed by atoms with Gasteiger partial charge in [0.2, 0.25) is 0 Å². The Morgan fingerprint density at radius 3 is 2.47 bits per heavy atom. The van der Waals surface area contributed by atoms with Crippen LogP contribution in [0.4, 0.5) is 0 Å². The molecule has 0 amide bonds. The van der Waals surface area contributed by atoms with E-state index < -0.39 is 0 Å². The number of hydrogen-bond donors (Lipinski definition) is 2. The van der Waals surface area contributed by atoms with Crippen molar-refractivity contribution < 1.29 is 5.11 Å². The van der Waals surface area contributed by atoms with Gasteiger partial charge in [-0.3, -0.25) is 0 Å². The van der Waals surface area contributed by atoms with E-state index in [0.717, 1.165) is 6.42 Å². The van der Waals surface area contributed by atoms with E-state index in [0.29, 0.717) is 6.04 Å². The van der Waals surface area contributed by atoms with Crippen LogP contribution in [-0.2, 0) is 0 Å². The third-order valence-electron chi connectivity index (χ3n) is 3.59. The highest BCUT2D eigenvalue weighted by atomic mass is 16.3. The summed E-state index contributed by atoms with van der Waals surface area (Å²) >= 11 is 0. The first-order valence-corrected chi connectivity index (χ1v) is 6.59. The van der Waals surface area contributed by atoms with Gasteiger partial charge >= 0.3 is 0 Å². The number of hydrogen-bond acceptors (Lipinski definition) is 2. The molecule has 0 radical (unpaired) electrons. The molecule has 0 aromatic rings. The summed E-state index contributed by atoms with van der Waals surface area (Å²) in [5.74, 6) is 0. The van der Waals surface area contributed by atoms with E-state index in [-0.39, 0.29) is 12.1 Å². The molecular weight excluding hydrogens is 186 g/mol. The predicted octanol–water partition coefficient (Wildman–Crippen LogP) is 2.85. The van der Waals surface area contributed by atoms with Gasteiger partial charge in [-0.15, -0.1) is 0 Å². The molecule has 1 fully saturated rings. The van der Waals surface area contributed by atoms with Crippen LogP contribution >= 0.6 is 0 Å². The highest BCUT2D eigenvalue weighted by Crippen LogP contribution is 2.23. The van der Waals surface area contributed by atoms with E-state index in [1.807, 2.05) is 0 Å². The lowest BCUT2D eigenvalue weighted by atomic mass is 9.94. The molecule has 2 N–H and O–H groups in total. The van der Waals surface area contributed by atoms with Crippen molar-refractivity contribution >= 4 is 0 Å². The zero-order valence-electron chi connectivity index (χ0n) is 10.4. The SMILES string of the molecule is CCCCCC(C)(CO)NC1CCCC1. The summed E-state index contributed by atoms with van der Waals surface area (Å²) in [6.45, 7) is 4.66. The Hall–Kier alpha value is -0.0800. The van der Waals surface area contributed by atoms with Crippen molar-refractivity contribution in [2.24, 2.45) is 0 Å². The molecule has 1 unspecified atom stereocenters. The van der Waals surface area contributed by atoms with Gasteiger partial charge in [0, 0.05) is 11.6 Å². The van der Waals surface area contributed by atoms with Crippen molar-refractivity contribution in [3.8, 4) is 0 Å². The molecule has 0 heterocycles. The average molecular weight is 213 g/mol. The van der Waals surface area contributed by atoms with Gasteiger partial charge in [-0.2, -0.15) is 0 Å². The second-order valence-electron chi connectivity index (χ2n) is 5.30. The maximum absolute atomic E-state index is 9.48. The lowest BCUT2D eigenvalue weighted by molar-refractivity contribution is 0.149. The summed E-state index contributed by atoms with van der Waals surface area (Å²) < 4.78 is 0. The monoisotopic (exact) mass is 213 g/mol. The molecule has 15 heavy (non-hydrogen) atoms. The molecule has 90 valence electrons. The minimum absolute atomic E-state index is 0.0375. The molecule has 1 saturated carbocycles. The number of aliphatic hydroxyl groups excluding tert-OH is 1. The molecule has 2 nitrogen and oxygen atoms in total. The molecule has 0 bridgehead atoms. The number of rotatable bonds is 7. The third kappa shape index (κ3) is 4.52. The van der Waals surface area contributed by atoms with Crippen molar-refractivity contribution in [2.45, 2.75) is 76.8 Å². The second kappa shape index (κ2) is 6.49. The molecule has 1 atom stereocenters. The molecule has 1 aliphatic carbocycles. The molecule has 2 heteroatoms. The first kappa shape index (κ1) is 13.0. The van der Waals surface area contributed by atoms with Gasteiger partial charge in [-0.25, -0.2) is 0 Å². The Morgan fingerprint density at radius 2 is 1.93 bits per heavy atom. The Balaban J connectivity index is 2.29. The van der Waals surface area contributed by atoms with Gasteiger partial charge in [0.15, 0.2) is 0 Å². The maximum Gasteiger partial charge on any atom is 0.0610 e. The van der Waals surface area contributed by atoms with Crippen LogP contribution in [0.2, 0.25) is 0 Å². The average Bonchev–Trinajstić information content (AvgIpc) is 2.71. The summed E-state index contributed by atoms with van der Waals surface area (Å²) in [5.41, 5.74) is -0.0375. The normalized spacial score (nSPS) is 21.8. The number of unbranched alkanes of at least 4 members (excludes halogenated alkanes) is 2. The van der Waals surface area contributed by atoms with Crippen molar-refractivity contribution in [1.82, 2.24) is 5.32 Å². The van der Waals surface area contributed by atoms with E-state index in [9.17, 15) is 5.11 Å². The summed E-state index contributed by atoms with van der Waals surface area (Å²) in [4.78, 5) is 0. The highest BCUT2D eigenvalue weighted by Gasteiger charge is 2.27. The molecular formula is C13H27NO. The Morgan fingerprint density at radius 1 is 1.27 bits per heavy atom. The van der Waals surface area contributed by atoms with Crippen molar-refractivity contribution in [3.63, 3.8) is 0 Å². The topological polar surface area (TPSA) is 32.3 Å². The van der Waals surface area contributed by atoms with Gasteiger partial charge < -0.3 is 10.4 Å². The standard InChI is InChI=1S/C13H27NO/c1-3-4-7-10-13(2,11-15)14-12-8-5-6-9-12/h12,14-15H,3-11H2,1-2H3. The zero-order chi connectivity index (χ0) is 11.1. The summed E-state index contributed by atoms with van der Waals surface area (Å²) in [5, 5.41) is 13.1. The minimum atomic E-state index is -0.0375. The van der Waals surface area contributed by atoms with Crippen LogP contribution in [0.25, 0.3) is 0 Å². The van der Waals surface area contributed by atoms with Crippen LogP contribution < -0.4 is 5.32 Å². The van der Waals surface area contributed by atoms with E-state index in [4.69, 9.17) is 0 Å². The van der Waals surface area contributed by atoms with E-state index in [1.165, 1.54) is 44.9 Å². The van der Waals surface area contributed by atoms with E-state index in [2.05, 4.69) is 19.2 Å². The fourth-order valence-electron chi connectivity index (χ4n) is 2.52. The zero-order valence-corrected chi connectivity index (χ0v) is 10.4. The number of aliphatic hydroxyl groups is 1. The molecule has 0 aromatic carbocycles. The Bertz CT molecular complexity index is 166. The number of nitrogens with one attached hydrogen (secondary N) is 1. The molecule has 0 saturated heterocycles. The first-order chi connectivity index (χ1) is 7.20. The van der Waals surface area contributed by atoms with Crippen molar-refractivity contribution in [3.05, 3.63) is 0 Å².